The van der Waals surface area contributed by atoms with Gasteiger partial charge in [-0.25, -0.2) is 0 Å². The van der Waals surface area contributed by atoms with Crippen LogP contribution in [-0.2, 0) is 5.41 Å². The zero-order valence-corrected chi connectivity index (χ0v) is 15.6. The molecular weight excluding hydrogens is 319 g/mol. The van der Waals surface area contributed by atoms with Crippen LogP contribution in [0.25, 0.3) is 0 Å². The van der Waals surface area contributed by atoms with Gasteiger partial charge < -0.3 is 9.47 Å². The lowest BCUT2D eigenvalue weighted by molar-refractivity contribution is 0.413. The number of methoxy groups -OCH3 is 1. The van der Waals surface area contributed by atoms with Crippen LogP contribution in [-0.4, -0.2) is 13.8 Å². The second kappa shape index (κ2) is 5.17. The molecule has 0 saturated carbocycles. The molecule has 0 saturated heterocycles. The fourth-order valence-corrected chi connectivity index (χ4v) is 4.94. The Morgan fingerprint density at radius 2 is 1.69 bits per heavy atom. The molecule has 0 bridgehead atoms. The number of hydrogen-bond acceptors (Lipinski definition) is 2. The number of benzene rings is 3. The summed E-state index contributed by atoms with van der Waals surface area (Å²) in [5.74, 6) is 2.77. The van der Waals surface area contributed by atoms with E-state index in [-0.39, 0.29) is 12.1 Å². The normalized spacial score (nSPS) is 15.5. The number of fused-ring (bicyclic) bond motifs is 4. The Hall–Kier alpha value is -2.68. The van der Waals surface area contributed by atoms with Gasteiger partial charge in [-0.2, -0.15) is 0 Å². The molecule has 0 aliphatic carbocycles. The Morgan fingerprint density at radius 1 is 0.923 bits per heavy atom. The molecule has 5 rings (SSSR count). The van der Waals surface area contributed by atoms with Crippen molar-refractivity contribution in [3.8, 4) is 17.2 Å². The Kier molecular flexibility index (Phi) is 3.09. The van der Waals surface area contributed by atoms with Gasteiger partial charge in [-0.3, -0.25) is 0 Å². The third-order valence-corrected chi connectivity index (χ3v) is 6.02. The number of rotatable bonds is 1. The molecule has 2 aliphatic rings. The predicted octanol–water partition coefficient (Wildman–Crippen LogP) is 3.26. The molecule has 128 valence electrons. The summed E-state index contributed by atoms with van der Waals surface area (Å²) >= 11 is 0. The first-order valence-electron chi connectivity index (χ1n) is 9.11. The minimum Gasteiger partial charge on any atom is -0.497 e. The summed E-state index contributed by atoms with van der Waals surface area (Å²) in [4.78, 5) is 0. The molecule has 0 radical (unpaired) electrons. The quantitative estimate of drug-likeness (QED) is 0.495. The van der Waals surface area contributed by atoms with Crippen molar-refractivity contribution in [2.75, 3.05) is 7.11 Å². The number of hydrogen-bond donors (Lipinski definition) is 0. The van der Waals surface area contributed by atoms with Gasteiger partial charge in [-0.05, 0) is 58.8 Å². The molecule has 0 amide bonds. The highest BCUT2D eigenvalue weighted by Gasteiger charge is 2.45. The summed E-state index contributed by atoms with van der Waals surface area (Å²) in [6, 6.07) is 19.3. The monoisotopic (exact) mass is 340 g/mol. The van der Waals surface area contributed by atoms with Gasteiger partial charge in [0.25, 0.3) is 6.71 Å². The first-order chi connectivity index (χ1) is 12.5. The molecule has 0 fully saturated rings. The summed E-state index contributed by atoms with van der Waals surface area (Å²) < 4.78 is 11.8. The van der Waals surface area contributed by atoms with Crippen LogP contribution in [0.1, 0.15) is 30.5 Å². The third-order valence-electron chi connectivity index (χ3n) is 6.02. The van der Waals surface area contributed by atoms with Crippen LogP contribution in [0, 0.1) is 6.92 Å². The fourth-order valence-electron chi connectivity index (χ4n) is 4.94. The minimum atomic E-state index is -0.0533. The second-order valence-electron chi connectivity index (χ2n) is 7.82. The topological polar surface area (TPSA) is 18.5 Å². The summed E-state index contributed by atoms with van der Waals surface area (Å²) in [6.07, 6.45) is 0. The van der Waals surface area contributed by atoms with E-state index in [4.69, 9.17) is 9.47 Å². The van der Waals surface area contributed by atoms with E-state index in [1.165, 1.54) is 33.1 Å². The van der Waals surface area contributed by atoms with Crippen molar-refractivity contribution in [2.45, 2.75) is 26.2 Å². The zero-order chi connectivity index (χ0) is 18.1. The molecule has 0 N–H and O–H groups in total. The maximum Gasteiger partial charge on any atom is 0.251 e. The van der Waals surface area contributed by atoms with E-state index in [9.17, 15) is 0 Å². The Bertz CT molecular complexity index is 1050. The van der Waals surface area contributed by atoms with E-state index in [2.05, 4.69) is 63.2 Å². The summed E-state index contributed by atoms with van der Waals surface area (Å²) in [5, 5.41) is 0. The van der Waals surface area contributed by atoms with Crippen LogP contribution in [0.2, 0.25) is 0 Å². The van der Waals surface area contributed by atoms with Crippen molar-refractivity contribution in [1.29, 1.82) is 0 Å². The molecule has 0 atom stereocenters. The second-order valence-corrected chi connectivity index (χ2v) is 7.82. The van der Waals surface area contributed by atoms with Gasteiger partial charge in [0.1, 0.15) is 17.2 Å². The molecule has 26 heavy (non-hydrogen) atoms. The highest BCUT2D eigenvalue weighted by molar-refractivity contribution is 6.98. The van der Waals surface area contributed by atoms with Gasteiger partial charge >= 0.3 is 0 Å². The predicted molar refractivity (Wildman–Crippen MR) is 107 cm³/mol. The van der Waals surface area contributed by atoms with Gasteiger partial charge in [0, 0.05) is 5.41 Å². The van der Waals surface area contributed by atoms with Gasteiger partial charge in [-0.15, -0.1) is 0 Å². The molecule has 2 nitrogen and oxygen atoms in total. The molecule has 3 heteroatoms. The minimum absolute atomic E-state index is 0.0533. The van der Waals surface area contributed by atoms with Crippen molar-refractivity contribution >= 4 is 23.1 Å². The van der Waals surface area contributed by atoms with Gasteiger partial charge in [0.05, 0.1) is 7.11 Å². The first kappa shape index (κ1) is 15.6. The van der Waals surface area contributed by atoms with E-state index in [0.717, 1.165) is 17.2 Å². The fraction of sp³-hybridized carbons (Fsp3) is 0.217. The van der Waals surface area contributed by atoms with Crippen LogP contribution in [0.4, 0.5) is 0 Å². The molecule has 0 unspecified atom stereocenters. The van der Waals surface area contributed by atoms with Crippen LogP contribution in [0.5, 0.6) is 17.2 Å². The molecule has 0 spiro atoms. The van der Waals surface area contributed by atoms with Crippen molar-refractivity contribution in [3.63, 3.8) is 0 Å². The summed E-state index contributed by atoms with van der Waals surface area (Å²) in [5.41, 5.74) is 7.93. The zero-order valence-electron chi connectivity index (χ0n) is 15.6. The largest absolute Gasteiger partial charge is 0.497 e. The van der Waals surface area contributed by atoms with Crippen LogP contribution in [0.3, 0.4) is 0 Å². The highest BCUT2D eigenvalue weighted by Crippen LogP contribution is 2.40. The SMILES string of the molecule is COc1ccc2c(c1)B1c3ccccc3C(C)(C)c3c(C)ccc(c31)O2. The maximum atomic E-state index is 6.33. The molecular formula is C23H21BO2. The van der Waals surface area contributed by atoms with Crippen LogP contribution in [0.15, 0.2) is 54.6 Å². The van der Waals surface area contributed by atoms with Crippen molar-refractivity contribution < 1.29 is 9.47 Å². The average molecular weight is 340 g/mol. The molecule has 2 heterocycles. The molecule has 3 aromatic rings. The maximum absolute atomic E-state index is 6.33. The lowest BCUT2D eigenvalue weighted by Crippen LogP contribution is -2.62. The van der Waals surface area contributed by atoms with E-state index >= 15 is 0 Å². The van der Waals surface area contributed by atoms with Gasteiger partial charge in [0.15, 0.2) is 0 Å². The average Bonchev–Trinajstić information content (AvgIpc) is 2.65. The van der Waals surface area contributed by atoms with Crippen molar-refractivity contribution in [2.24, 2.45) is 0 Å². The van der Waals surface area contributed by atoms with Gasteiger partial charge in [0.2, 0.25) is 0 Å². The Labute approximate surface area is 154 Å². The highest BCUT2D eigenvalue weighted by atomic mass is 16.5. The number of aryl methyl sites for hydroxylation is 1. The molecule has 3 aromatic carbocycles. The third kappa shape index (κ3) is 1.89. The van der Waals surface area contributed by atoms with Crippen molar-refractivity contribution in [1.82, 2.24) is 0 Å². The standard InChI is InChI=1S/C23H21BO2/c1-14-9-11-20-22-21(14)23(2,3)16-7-5-6-8-17(16)24(22)18-13-15(25-4)10-12-19(18)26-20/h5-13H,1-4H3. The lowest BCUT2D eigenvalue weighted by Gasteiger charge is -2.42. The Morgan fingerprint density at radius 3 is 2.50 bits per heavy atom. The summed E-state index contributed by atoms with van der Waals surface area (Å²) in [7, 11) is 1.72. The van der Waals surface area contributed by atoms with E-state index in [1.807, 2.05) is 12.1 Å². The van der Waals surface area contributed by atoms with Gasteiger partial charge in [-0.1, -0.05) is 49.6 Å². The molecule has 0 aromatic heterocycles. The van der Waals surface area contributed by atoms with E-state index in [0.29, 0.717) is 0 Å². The first-order valence-corrected chi connectivity index (χ1v) is 9.11. The van der Waals surface area contributed by atoms with E-state index in [1.54, 1.807) is 7.11 Å². The number of ether oxygens (including phenoxy) is 2. The Balaban J connectivity index is 1.91. The van der Waals surface area contributed by atoms with E-state index < -0.39 is 0 Å². The van der Waals surface area contributed by atoms with Crippen LogP contribution >= 0.6 is 0 Å². The lowest BCUT2D eigenvalue weighted by atomic mass is 9.30. The smallest absolute Gasteiger partial charge is 0.251 e. The summed E-state index contributed by atoms with van der Waals surface area (Å²) in [6.45, 7) is 7.05. The van der Waals surface area contributed by atoms with Crippen molar-refractivity contribution in [3.05, 3.63) is 71.3 Å². The van der Waals surface area contributed by atoms with Crippen LogP contribution < -0.4 is 25.9 Å². The molecule has 2 aliphatic heterocycles.